The first-order valence-electron chi connectivity index (χ1n) is 5.99. The van der Waals surface area contributed by atoms with Crippen LogP contribution in [-0.4, -0.2) is 55.8 Å². The zero-order valence-electron chi connectivity index (χ0n) is 10.6. The Labute approximate surface area is 107 Å². The first-order valence-corrected chi connectivity index (χ1v) is 5.99. The molecule has 0 amide bonds. The molecule has 1 aliphatic rings. The van der Waals surface area contributed by atoms with Gasteiger partial charge in [0, 0.05) is 32.7 Å². The second-order valence-corrected chi connectivity index (χ2v) is 3.89. The van der Waals surface area contributed by atoms with Crippen LogP contribution in [0.25, 0.3) is 0 Å². The topological polar surface area (TPSA) is 152 Å². The molecular formula is C10H24N6O2. The van der Waals surface area contributed by atoms with Crippen LogP contribution in [0.4, 0.5) is 0 Å². The van der Waals surface area contributed by atoms with Gasteiger partial charge in [-0.25, -0.2) is 0 Å². The quantitative estimate of drug-likeness (QED) is 0.183. The summed E-state index contributed by atoms with van der Waals surface area (Å²) in [6.45, 7) is 4.98. The number of carbonyl (C=O) groups is 1. The fourth-order valence-corrected chi connectivity index (χ4v) is 1.25. The molecule has 9 N–H and O–H groups in total. The van der Waals surface area contributed by atoms with Crippen LogP contribution in [0, 0.1) is 0 Å². The van der Waals surface area contributed by atoms with Gasteiger partial charge in [-0.1, -0.05) is 0 Å². The summed E-state index contributed by atoms with van der Waals surface area (Å²) < 4.78 is 0. The van der Waals surface area contributed by atoms with E-state index in [4.69, 9.17) is 22.3 Å². The van der Waals surface area contributed by atoms with Crippen LogP contribution in [0.1, 0.15) is 12.8 Å². The SMILES string of the molecule is C1CNCCN1.NC(N)=NCCCC(N)C(=O)O. The van der Waals surface area contributed by atoms with E-state index in [1.807, 2.05) is 0 Å². The minimum Gasteiger partial charge on any atom is -0.480 e. The molecule has 8 heteroatoms. The molecule has 0 bridgehead atoms. The summed E-state index contributed by atoms with van der Waals surface area (Å²) in [4.78, 5) is 13.9. The van der Waals surface area contributed by atoms with Crippen LogP contribution in [0.15, 0.2) is 4.99 Å². The molecular weight excluding hydrogens is 236 g/mol. The lowest BCUT2D eigenvalue weighted by molar-refractivity contribution is -0.138. The second-order valence-electron chi connectivity index (χ2n) is 3.89. The largest absolute Gasteiger partial charge is 0.480 e. The summed E-state index contributed by atoms with van der Waals surface area (Å²) in [6, 6.07) is -0.820. The van der Waals surface area contributed by atoms with Crippen LogP contribution < -0.4 is 27.8 Å². The lowest BCUT2D eigenvalue weighted by atomic mass is 10.2. The molecule has 1 heterocycles. The Bertz CT molecular complexity index is 239. The Balaban J connectivity index is 0.000000397. The fourth-order valence-electron chi connectivity index (χ4n) is 1.25. The third-order valence-electron chi connectivity index (χ3n) is 2.24. The number of rotatable bonds is 5. The molecule has 1 unspecified atom stereocenters. The third-order valence-corrected chi connectivity index (χ3v) is 2.24. The van der Waals surface area contributed by atoms with Crippen LogP contribution in [0.5, 0.6) is 0 Å². The molecule has 1 atom stereocenters. The number of piperazine rings is 1. The van der Waals surface area contributed by atoms with Gasteiger partial charge in [-0.15, -0.1) is 0 Å². The summed E-state index contributed by atoms with van der Waals surface area (Å²) in [7, 11) is 0. The molecule has 0 aromatic rings. The van der Waals surface area contributed by atoms with Crippen molar-refractivity contribution in [2.45, 2.75) is 18.9 Å². The normalized spacial score (nSPS) is 16.1. The van der Waals surface area contributed by atoms with Gasteiger partial charge in [0.2, 0.25) is 0 Å². The Kier molecular flexibility index (Phi) is 9.93. The monoisotopic (exact) mass is 260 g/mol. The maximum absolute atomic E-state index is 10.2. The third kappa shape index (κ3) is 11.1. The first-order chi connectivity index (χ1) is 8.54. The van der Waals surface area contributed by atoms with Gasteiger partial charge < -0.3 is 32.9 Å². The Morgan fingerprint density at radius 3 is 2.06 bits per heavy atom. The summed E-state index contributed by atoms with van der Waals surface area (Å²) in [5.41, 5.74) is 15.3. The Hall–Kier alpha value is -1.38. The van der Waals surface area contributed by atoms with Crippen molar-refractivity contribution in [1.82, 2.24) is 10.6 Å². The van der Waals surface area contributed by atoms with Crippen LogP contribution in [0.2, 0.25) is 0 Å². The van der Waals surface area contributed by atoms with Crippen molar-refractivity contribution in [1.29, 1.82) is 0 Å². The number of aliphatic imine (C=N–C) groups is 1. The van der Waals surface area contributed by atoms with Crippen molar-refractivity contribution in [3.05, 3.63) is 0 Å². The van der Waals surface area contributed by atoms with Gasteiger partial charge in [-0.05, 0) is 12.8 Å². The molecule has 18 heavy (non-hydrogen) atoms. The summed E-state index contributed by atoms with van der Waals surface area (Å²) in [6.07, 6.45) is 0.956. The van der Waals surface area contributed by atoms with E-state index in [1.165, 1.54) is 0 Å². The van der Waals surface area contributed by atoms with Crippen molar-refractivity contribution in [2.75, 3.05) is 32.7 Å². The average Bonchev–Trinajstić information content (AvgIpc) is 2.37. The van der Waals surface area contributed by atoms with E-state index in [2.05, 4.69) is 15.6 Å². The average molecular weight is 260 g/mol. The number of carboxylic acids is 1. The van der Waals surface area contributed by atoms with Gasteiger partial charge in [0.25, 0.3) is 0 Å². The predicted octanol–water partition coefficient (Wildman–Crippen LogP) is -2.37. The molecule has 8 nitrogen and oxygen atoms in total. The number of nitrogens with zero attached hydrogens (tertiary/aromatic N) is 1. The Morgan fingerprint density at radius 2 is 1.72 bits per heavy atom. The van der Waals surface area contributed by atoms with E-state index >= 15 is 0 Å². The molecule has 0 aliphatic carbocycles. The van der Waals surface area contributed by atoms with Crippen molar-refractivity contribution in [3.8, 4) is 0 Å². The van der Waals surface area contributed by atoms with Gasteiger partial charge >= 0.3 is 5.97 Å². The van der Waals surface area contributed by atoms with Gasteiger partial charge in [0.15, 0.2) is 5.96 Å². The second kappa shape index (κ2) is 10.8. The number of hydrogen-bond donors (Lipinski definition) is 6. The van der Waals surface area contributed by atoms with Crippen molar-refractivity contribution in [2.24, 2.45) is 22.2 Å². The fraction of sp³-hybridized carbons (Fsp3) is 0.800. The van der Waals surface area contributed by atoms with Gasteiger partial charge in [0.05, 0.1) is 0 Å². The van der Waals surface area contributed by atoms with Crippen LogP contribution >= 0.6 is 0 Å². The van der Waals surface area contributed by atoms with Crippen LogP contribution in [0.3, 0.4) is 0 Å². The predicted molar refractivity (Wildman–Crippen MR) is 71.3 cm³/mol. The Morgan fingerprint density at radius 1 is 1.22 bits per heavy atom. The highest BCUT2D eigenvalue weighted by Crippen LogP contribution is 1.94. The van der Waals surface area contributed by atoms with Gasteiger partial charge in [-0.3, -0.25) is 9.79 Å². The lowest BCUT2D eigenvalue weighted by Gasteiger charge is -2.11. The van der Waals surface area contributed by atoms with E-state index in [0.717, 1.165) is 26.2 Å². The summed E-state index contributed by atoms with van der Waals surface area (Å²) in [5.74, 6) is -0.987. The van der Waals surface area contributed by atoms with Crippen molar-refractivity contribution < 1.29 is 9.90 Å². The van der Waals surface area contributed by atoms with Crippen LogP contribution in [-0.2, 0) is 4.79 Å². The van der Waals surface area contributed by atoms with Gasteiger partial charge in [0.1, 0.15) is 6.04 Å². The first kappa shape index (κ1) is 16.6. The molecule has 1 aliphatic heterocycles. The highest BCUT2D eigenvalue weighted by atomic mass is 16.4. The molecule has 0 spiro atoms. The molecule has 1 fully saturated rings. The molecule has 0 aromatic heterocycles. The zero-order valence-corrected chi connectivity index (χ0v) is 10.6. The minimum absolute atomic E-state index is 0.0129. The number of guanidine groups is 1. The van der Waals surface area contributed by atoms with E-state index in [9.17, 15) is 4.79 Å². The maximum Gasteiger partial charge on any atom is 0.320 e. The molecule has 0 saturated carbocycles. The molecule has 0 aromatic carbocycles. The molecule has 1 rings (SSSR count). The van der Waals surface area contributed by atoms with E-state index in [-0.39, 0.29) is 5.96 Å². The zero-order chi connectivity index (χ0) is 13.8. The maximum atomic E-state index is 10.2. The number of carboxylic acid groups (broad SMARTS) is 1. The number of nitrogens with one attached hydrogen (secondary N) is 2. The molecule has 0 radical (unpaired) electrons. The number of aliphatic carboxylic acids is 1. The minimum atomic E-state index is -1.00. The van der Waals surface area contributed by atoms with Gasteiger partial charge in [-0.2, -0.15) is 0 Å². The molecule has 106 valence electrons. The smallest absolute Gasteiger partial charge is 0.320 e. The lowest BCUT2D eigenvalue weighted by Crippen LogP contribution is -2.39. The molecule has 1 saturated heterocycles. The number of hydrogen-bond acceptors (Lipinski definition) is 5. The number of nitrogens with two attached hydrogens (primary N) is 3. The summed E-state index contributed by atoms with van der Waals surface area (Å²) in [5, 5.41) is 14.8. The highest BCUT2D eigenvalue weighted by molar-refractivity contribution is 5.75. The standard InChI is InChI=1S/C6H14N4O2.C4H10N2/c7-4(5(11)12)2-1-3-10-6(8)9;1-2-6-4-3-5-1/h4H,1-3,7H2,(H,11,12)(H4,8,9,10);5-6H,1-4H2. The van der Waals surface area contributed by atoms with Crippen molar-refractivity contribution >= 4 is 11.9 Å². The van der Waals surface area contributed by atoms with Crippen molar-refractivity contribution in [3.63, 3.8) is 0 Å². The summed E-state index contributed by atoms with van der Waals surface area (Å²) >= 11 is 0. The highest BCUT2D eigenvalue weighted by Gasteiger charge is 2.09. The van der Waals surface area contributed by atoms with E-state index in [1.54, 1.807) is 0 Å². The van der Waals surface area contributed by atoms with E-state index in [0.29, 0.717) is 19.4 Å². The van der Waals surface area contributed by atoms with E-state index < -0.39 is 12.0 Å².